The molecule has 4 rings (SSSR count). The molecule has 0 aliphatic heterocycles. The number of carbonyl (C=O) groups is 2. The van der Waals surface area contributed by atoms with Crippen LogP contribution in [0.5, 0.6) is 11.5 Å². The number of nitrogens with one attached hydrogen (secondary N) is 3. The molecule has 36 heavy (non-hydrogen) atoms. The van der Waals surface area contributed by atoms with Gasteiger partial charge in [0.1, 0.15) is 17.3 Å². The Kier molecular flexibility index (Phi) is 6.38. The quantitative estimate of drug-likeness (QED) is 0.239. The van der Waals surface area contributed by atoms with Crippen molar-refractivity contribution in [3.05, 3.63) is 72.0 Å². The summed E-state index contributed by atoms with van der Waals surface area (Å²) >= 11 is 0. The van der Waals surface area contributed by atoms with E-state index in [4.69, 9.17) is 9.84 Å². The number of amides is 3. The van der Waals surface area contributed by atoms with Crippen LogP contribution in [0.25, 0.3) is 11.0 Å². The highest BCUT2D eigenvalue weighted by molar-refractivity contribution is 5.99. The third-order valence-corrected chi connectivity index (χ3v) is 4.92. The Morgan fingerprint density at radius 3 is 2.28 bits per heavy atom. The zero-order valence-electron chi connectivity index (χ0n) is 18.4. The van der Waals surface area contributed by atoms with Gasteiger partial charge in [0.2, 0.25) is 5.95 Å². The van der Waals surface area contributed by atoms with Crippen LogP contribution in [0.15, 0.2) is 60.7 Å². The van der Waals surface area contributed by atoms with E-state index in [-0.39, 0.29) is 11.6 Å². The van der Waals surface area contributed by atoms with E-state index < -0.39 is 29.7 Å². The smallest absolute Gasteiger partial charge is 0.419 e. The zero-order chi connectivity index (χ0) is 26.0. The number of imidazole rings is 1. The van der Waals surface area contributed by atoms with E-state index in [1.54, 1.807) is 30.3 Å². The van der Waals surface area contributed by atoms with Crippen molar-refractivity contribution < 1.29 is 37.0 Å². The number of alkyl halides is 3. The van der Waals surface area contributed by atoms with Crippen LogP contribution in [0.3, 0.4) is 0 Å². The molecule has 0 aliphatic carbocycles. The van der Waals surface area contributed by atoms with Crippen molar-refractivity contribution in [3.8, 4) is 11.5 Å². The van der Waals surface area contributed by atoms with Crippen LogP contribution in [0.4, 0.5) is 44.5 Å². The Morgan fingerprint density at radius 2 is 1.61 bits per heavy atom. The highest BCUT2D eigenvalue weighted by atomic mass is 19.4. The molecular weight excluding hydrogens is 486 g/mol. The summed E-state index contributed by atoms with van der Waals surface area (Å²) in [6.07, 6.45) is -6.07. The maximum absolute atomic E-state index is 13.4. The monoisotopic (exact) mass is 503 g/mol. The second-order valence-corrected chi connectivity index (χ2v) is 7.48. The third-order valence-electron chi connectivity index (χ3n) is 4.92. The molecule has 3 aromatic carbocycles. The number of anilines is 3. The van der Waals surface area contributed by atoms with Gasteiger partial charge < -0.3 is 25.5 Å². The maximum Gasteiger partial charge on any atom is 0.419 e. The molecule has 9 nitrogen and oxygen atoms in total. The van der Waals surface area contributed by atoms with Gasteiger partial charge in [0.25, 0.3) is 0 Å². The topological polar surface area (TPSA) is 120 Å². The number of halogens is 4. The molecule has 0 saturated heterocycles. The van der Waals surface area contributed by atoms with Gasteiger partial charge in [-0.1, -0.05) is 0 Å². The number of nitrogens with zero attached hydrogens (tertiary/aromatic N) is 2. The SMILES string of the molecule is CN(C(=O)O)c1nc2ccc(Oc3ccc(NC(=O)Nc4ccc(F)c(C(F)(F)F)c4)cc3)cc2[nH]1. The molecule has 0 unspecified atom stereocenters. The molecule has 4 aromatic rings. The first-order valence-electron chi connectivity index (χ1n) is 10.2. The van der Waals surface area contributed by atoms with Crippen molar-refractivity contribution in [1.82, 2.24) is 9.97 Å². The minimum Gasteiger partial charge on any atom is -0.465 e. The fourth-order valence-electron chi connectivity index (χ4n) is 3.14. The average Bonchev–Trinajstić information content (AvgIpc) is 3.23. The molecule has 13 heteroatoms. The Labute approximate surface area is 200 Å². The predicted molar refractivity (Wildman–Crippen MR) is 123 cm³/mol. The van der Waals surface area contributed by atoms with Crippen LogP contribution in [-0.4, -0.2) is 34.2 Å². The normalized spacial score (nSPS) is 11.2. The van der Waals surface area contributed by atoms with Gasteiger partial charge in [0, 0.05) is 24.5 Å². The number of hydrogen-bond donors (Lipinski definition) is 4. The van der Waals surface area contributed by atoms with Gasteiger partial charge in [-0.25, -0.2) is 19.0 Å². The predicted octanol–water partition coefficient (Wildman–Crippen LogP) is 6.27. The largest absolute Gasteiger partial charge is 0.465 e. The minimum atomic E-state index is -4.90. The van der Waals surface area contributed by atoms with Crippen molar-refractivity contribution in [2.24, 2.45) is 0 Å². The molecule has 0 saturated carbocycles. The Morgan fingerprint density at radius 1 is 0.972 bits per heavy atom. The Bertz CT molecular complexity index is 1440. The molecule has 0 radical (unpaired) electrons. The third kappa shape index (κ3) is 5.46. The fourth-order valence-corrected chi connectivity index (χ4v) is 3.14. The van der Waals surface area contributed by atoms with E-state index in [1.165, 1.54) is 19.2 Å². The number of fused-ring (bicyclic) bond motifs is 1. The Hall–Kier alpha value is -4.81. The average molecular weight is 503 g/mol. The van der Waals surface area contributed by atoms with Crippen molar-refractivity contribution in [2.75, 3.05) is 22.6 Å². The number of rotatable bonds is 5. The molecule has 0 fully saturated rings. The van der Waals surface area contributed by atoms with Gasteiger partial charge >= 0.3 is 18.3 Å². The van der Waals surface area contributed by atoms with E-state index in [2.05, 4.69) is 20.6 Å². The van der Waals surface area contributed by atoms with Gasteiger partial charge in [0.15, 0.2) is 0 Å². The lowest BCUT2D eigenvalue weighted by molar-refractivity contribution is -0.139. The molecule has 0 bridgehead atoms. The maximum atomic E-state index is 13.4. The molecule has 186 valence electrons. The fraction of sp³-hybridized carbons (Fsp3) is 0.0870. The molecule has 1 heterocycles. The summed E-state index contributed by atoms with van der Waals surface area (Å²) in [5.41, 5.74) is -0.295. The molecular formula is C23H17F4N5O4. The number of aromatic nitrogens is 2. The highest BCUT2D eigenvalue weighted by Crippen LogP contribution is 2.33. The first kappa shape index (κ1) is 24.3. The lowest BCUT2D eigenvalue weighted by Gasteiger charge is -2.12. The van der Waals surface area contributed by atoms with Crippen LogP contribution < -0.4 is 20.3 Å². The number of urea groups is 1. The van der Waals surface area contributed by atoms with Crippen molar-refractivity contribution in [3.63, 3.8) is 0 Å². The summed E-state index contributed by atoms with van der Waals surface area (Å²) in [4.78, 5) is 31.2. The number of carboxylic acid groups (broad SMARTS) is 1. The van der Waals surface area contributed by atoms with Gasteiger partial charge in [-0.2, -0.15) is 13.2 Å². The lowest BCUT2D eigenvalue weighted by Crippen LogP contribution is -2.24. The second-order valence-electron chi connectivity index (χ2n) is 7.48. The van der Waals surface area contributed by atoms with Crippen molar-refractivity contribution >= 4 is 40.5 Å². The molecule has 3 amide bonds. The number of hydrogen-bond acceptors (Lipinski definition) is 4. The van der Waals surface area contributed by atoms with Crippen LogP contribution in [0.1, 0.15) is 5.56 Å². The van der Waals surface area contributed by atoms with Gasteiger partial charge in [-0.15, -0.1) is 0 Å². The van der Waals surface area contributed by atoms with E-state index in [0.717, 1.165) is 11.0 Å². The minimum absolute atomic E-state index is 0.152. The second kappa shape index (κ2) is 9.44. The number of carbonyl (C=O) groups excluding carboxylic acids is 1. The van der Waals surface area contributed by atoms with Gasteiger partial charge in [-0.05, 0) is 54.6 Å². The number of H-pyrrole nitrogens is 1. The summed E-state index contributed by atoms with van der Waals surface area (Å²) in [6, 6.07) is 12.4. The number of benzene rings is 3. The first-order chi connectivity index (χ1) is 17.0. The van der Waals surface area contributed by atoms with Crippen molar-refractivity contribution in [1.29, 1.82) is 0 Å². The Balaban J connectivity index is 1.39. The van der Waals surface area contributed by atoms with Crippen LogP contribution in [-0.2, 0) is 6.18 Å². The summed E-state index contributed by atoms with van der Waals surface area (Å²) < 4.78 is 57.7. The van der Waals surface area contributed by atoms with Gasteiger partial charge in [0.05, 0.1) is 16.6 Å². The summed E-state index contributed by atoms with van der Waals surface area (Å²) in [6.45, 7) is 0. The lowest BCUT2D eigenvalue weighted by atomic mass is 10.2. The van der Waals surface area contributed by atoms with Crippen LogP contribution in [0, 0.1) is 5.82 Å². The van der Waals surface area contributed by atoms with Gasteiger partial charge in [-0.3, -0.25) is 4.90 Å². The summed E-state index contributed by atoms with van der Waals surface area (Å²) in [7, 11) is 1.35. The standard InChI is InChI=1S/C23H17F4N5O4/c1-32(22(34)35)20-30-18-9-7-15(11-19(18)31-20)36-14-5-2-12(3-6-14)28-21(33)29-13-4-8-17(24)16(10-13)23(25,26)27/h2-11H,1H3,(H,30,31)(H,34,35)(H2,28,29,33). The van der Waals surface area contributed by atoms with E-state index >= 15 is 0 Å². The van der Waals surface area contributed by atoms with E-state index in [0.29, 0.717) is 40.4 Å². The van der Waals surface area contributed by atoms with Crippen LogP contribution in [0.2, 0.25) is 0 Å². The van der Waals surface area contributed by atoms with E-state index in [9.17, 15) is 27.2 Å². The molecule has 0 aliphatic rings. The number of aromatic amines is 1. The van der Waals surface area contributed by atoms with Crippen LogP contribution >= 0.6 is 0 Å². The molecule has 4 N–H and O–H groups in total. The van der Waals surface area contributed by atoms with E-state index in [1.807, 2.05) is 0 Å². The molecule has 1 aromatic heterocycles. The van der Waals surface area contributed by atoms with Crippen molar-refractivity contribution in [2.45, 2.75) is 6.18 Å². The highest BCUT2D eigenvalue weighted by Gasteiger charge is 2.34. The molecule has 0 atom stereocenters. The first-order valence-corrected chi connectivity index (χ1v) is 10.2. The zero-order valence-corrected chi connectivity index (χ0v) is 18.4. The number of ether oxygens (including phenoxy) is 1. The summed E-state index contributed by atoms with van der Waals surface area (Å²) in [5.74, 6) is -0.440. The summed E-state index contributed by atoms with van der Waals surface area (Å²) in [5, 5.41) is 13.7. The molecule has 0 spiro atoms.